The monoisotopic (exact) mass is 358 g/mol. The summed E-state index contributed by atoms with van der Waals surface area (Å²) in [5.74, 6) is 1.41. The molecule has 2 aliphatic carbocycles. The van der Waals surface area contributed by atoms with Crippen molar-refractivity contribution in [3.05, 3.63) is 49.1 Å². The molecule has 0 saturated heterocycles. The Kier molecular flexibility index (Phi) is 8.87. The summed E-state index contributed by atoms with van der Waals surface area (Å²) in [6.07, 6.45) is 23.4. The van der Waals surface area contributed by atoms with Crippen LogP contribution in [0.5, 0.6) is 0 Å². The fourth-order valence-corrected chi connectivity index (χ4v) is 4.44. The lowest BCUT2D eigenvalue weighted by Gasteiger charge is -2.41. The second-order valence-corrected chi connectivity index (χ2v) is 8.38. The van der Waals surface area contributed by atoms with Crippen LogP contribution in [0.2, 0.25) is 0 Å². The molecule has 0 heterocycles. The van der Waals surface area contributed by atoms with E-state index in [9.17, 15) is 5.11 Å². The third kappa shape index (κ3) is 6.25. The molecule has 0 saturated carbocycles. The molecule has 0 aromatic carbocycles. The number of hydrogen-bond acceptors (Lipinski definition) is 2. The van der Waals surface area contributed by atoms with E-state index >= 15 is 0 Å². The van der Waals surface area contributed by atoms with Gasteiger partial charge in [-0.15, -0.1) is 6.58 Å². The zero-order chi connectivity index (χ0) is 18.8. The van der Waals surface area contributed by atoms with Crippen molar-refractivity contribution in [1.29, 1.82) is 0 Å². The van der Waals surface area contributed by atoms with Gasteiger partial charge in [0.1, 0.15) is 0 Å². The number of aliphatic hydroxyl groups excluding tert-OH is 1. The van der Waals surface area contributed by atoms with Crippen molar-refractivity contribution >= 4 is 0 Å². The average molecular weight is 359 g/mol. The molecule has 146 valence electrons. The van der Waals surface area contributed by atoms with E-state index < -0.39 is 6.29 Å². The van der Waals surface area contributed by atoms with E-state index in [0.29, 0.717) is 18.4 Å². The van der Waals surface area contributed by atoms with E-state index in [4.69, 9.17) is 4.74 Å². The molecule has 1 N–H and O–H groups in total. The highest BCUT2D eigenvalue weighted by molar-refractivity contribution is 5.12. The minimum atomic E-state index is -0.666. The lowest BCUT2D eigenvalue weighted by molar-refractivity contribution is -0.164. The largest absolute Gasteiger partial charge is 0.368 e. The molecule has 5 atom stereocenters. The van der Waals surface area contributed by atoms with Crippen molar-refractivity contribution in [2.75, 3.05) is 6.61 Å². The Balaban J connectivity index is 2.00. The quantitative estimate of drug-likeness (QED) is 0.352. The van der Waals surface area contributed by atoms with Gasteiger partial charge >= 0.3 is 0 Å². The van der Waals surface area contributed by atoms with E-state index in [0.717, 1.165) is 38.5 Å². The topological polar surface area (TPSA) is 29.5 Å². The van der Waals surface area contributed by atoms with E-state index in [2.05, 4.69) is 56.9 Å². The fraction of sp³-hybridized carbons (Fsp3) is 0.667. The van der Waals surface area contributed by atoms with E-state index in [1.807, 2.05) is 6.08 Å². The molecular formula is C24H38O2. The lowest BCUT2D eigenvalue weighted by atomic mass is 9.67. The van der Waals surface area contributed by atoms with Crippen LogP contribution in [0.4, 0.5) is 0 Å². The zero-order valence-electron chi connectivity index (χ0n) is 16.8. The summed E-state index contributed by atoms with van der Waals surface area (Å²) in [4.78, 5) is 0. The summed E-state index contributed by atoms with van der Waals surface area (Å²) >= 11 is 0. The van der Waals surface area contributed by atoms with Gasteiger partial charge in [-0.1, -0.05) is 56.4 Å². The predicted molar refractivity (Wildman–Crippen MR) is 111 cm³/mol. The summed E-state index contributed by atoms with van der Waals surface area (Å²) < 4.78 is 6.11. The number of aliphatic hydroxyl groups is 1. The first-order chi connectivity index (χ1) is 12.6. The molecular weight excluding hydrogens is 320 g/mol. The molecule has 0 radical (unpaired) electrons. The molecule has 0 aromatic heterocycles. The molecule has 0 spiro atoms. The van der Waals surface area contributed by atoms with Crippen LogP contribution < -0.4 is 0 Å². The first-order valence-electron chi connectivity index (χ1n) is 10.5. The first kappa shape index (κ1) is 21.2. The van der Waals surface area contributed by atoms with Gasteiger partial charge in [0.15, 0.2) is 6.29 Å². The van der Waals surface area contributed by atoms with Crippen LogP contribution in [-0.2, 0) is 4.74 Å². The second-order valence-electron chi connectivity index (χ2n) is 8.38. The van der Waals surface area contributed by atoms with E-state index in [1.165, 1.54) is 12.8 Å². The molecule has 0 bridgehead atoms. The van der Waals surface area contributed by atoms with Gasteiger partial charge in [0.05, 0.1) is 6.61 Å². The summed E-state index contributed by atoms with van der Waals surface area (Å²) in [6.45, 7) is 8.95. The van der Waals surface area contributed by atoms with Crippen LogP contribution >= 0.6 is 0 Å². The van der Waals surface area contributed by atoms with Gasteiger partial charge in [-0.3, -0.25) is 0 Å². The highest BCUT2D eigenvalue weighted by atomic mass is 16.6. The molecule has 2 rings (SSSR count). The molecule has 5 unspecified atom stereocenters. The van der Waals surface area contributed by atoms with Crippen LogP contribution in [0.1, 0.15) is 65.2 Å². The van der Waals surface area contributed by atoms with Crippen molar-refractivity contribution in [3.63, 3.8) is 0 Å². The van der Waals surface area contributed by atoms with Gasteiger partial charge in [-0.2, -0.15) is 0 Å². The normalized spacial score (nSPS) is 27.0. The Morgan fingerprint density at radius 2 is 2.12 bits per heavy atom. The smallest absolute Gasteiger partial charge is 0.157 e. The highest BCUT2D eigenvalue weighted by Gasteiger charge is 2.37. The molecule has 26 heavy (non-hydrogen) atoms. The minimum Gasteiger partial charge on any atom is -0.368 e. The summed E-state index contributed by atoms with van der Waals surface area (Å²) in [7, 11) is 0. The number of ether oxygens (including phenoxy) is 1. The number of hydrogen-bond donors (Lipinski definition) is 1. The van der Waals surface area contributed by atoms with Gasteiger partial charge < -0.3 is 9.84 Å². The maximum Gasteiger partial charge on any atom is 0.157 e. The van der Waals surface area contributed by atoms with Crippen molar-refractivity contribution in [3.8, 4) is 0 Å². The van der Waals surface area contributed by atoms with Crippen molar-refractivity contribution in [2.45, 2.75) is 71.5 Å². The van der Waals surface area contributed by atoms with Gasteiger partial charge in [0, 0.05) is 5.92 Å². The summed E-state index contributed by atoms with van der Waals surface area (Å²) in [6, 6.07) is 0. The highest BCUT2D eigenvalue weighted by Crippen LogP contribution is 2.43. The Morgan fingerprint density at radius 3 is 2.73 bits per heavy atom. The van der Waals surface area contributed by atoms with Gasteiger partial charge in [-0.05, 0) is 68.6 Å². The maximum atomic E-state index is 10.6. The van der Waals surface area contributed by atoms with Gasteiger partial charge in [-0.25, -0.2) is 0 Å². The van der Waals surface area contributed by atoms with Crippen LogP contribution in [-0.4, -0.2) is 18.0 Å². The number of rotatable bonds is 11. The molecule has 0 aromatic rings. The first-order valence-corrected chi connectivity index (χ1v) is 10.5. The standard InChI is InChI=1S/C24H38O2/c1-4-6-15-21(5-2)23(25)26-19-24(3,22-16-11-8-12-17-22)18-20-13-9-7-10-14-20/h4,7-11,13,20-23,25H,1,5-6,12,14-19H2,2-3H3. The van der Waals surface area contributed by atoms with Crippen molar-refractivity contribution in [1.82, 2.24) is 0 Å². The Morgan fingerprint density at radius 1 is 1.27 bits per heavy atom. The van der Waals surface area contributed by atoms with Crippen molar-refractivity contribution in [2.24, 2.45) is 23.2 Å². The molecule has 0 amide bonds. The molecule has 2 aliphatic rings. The average Bonchev–Trinajstić information content (AvgIpc) is 2.68. The fourth-order valence-electron chi connectivity index (χ4n) is 4.44. The predicted octanol–water partition coefficient (Wildman–Crippen LogP) is 6.20. The molecule has 2 heteroatoms. The van der Waals surface area contributed by atoms with Crippen molar-refractivity contribution < 1.29 is 9.84 Å². The summed E-state index contributed by atoms with van der Waals surface area (Å²) in [5, 5.41) is 10.6. The van der Waals surface area contributed by atoms with E-state index in [1.54, 1.807) is 0 Å². The van der Waals surface area contributed by atoms with Crippen LogP contribution in [0, 0.1) is 23.2 Å². The zero-order valence-corrected chi connectivity index (χ0v) is 16.8. The van der Waals surface area contributed by atoms with Gasteiger partial charge in [0.2, 0.25) is 0 Å². The second kappa shape index (κ2) is 10.9. The summed E-state index contributed by atoms with van der Waals surface area (Å²) in [5.41, 5.74) is 0.0999. The minimum absolute atomic E-state index is 0.0999. The van der Waals surface area contributed by atoms with Gasteiger partial charge in [0.25, 0.3) is 0 Å². The lowest BCUT2D eigenvalue weighted by Crippen LogP contribution is -2.38. The maximum absolute atomic E-state index is 10.6. The van der Waals surface area contributed by atoms with Crippen LogP contribution in [0.25, 0.3) is 0 Å². The molecule has 0 aliphatic heterocycles. The SMILES string of the molecule is C=CCCC(CC)C(O)OCC(C)(CC1C=CC=CC1)C1CC=CCC1. The van der Waals surface area contributed by atoms with Crippen LogP contribution in [0.15, 0.2) is 49.1 Å². The molecule has 2 nitrogen and oxygen atoms in total. The third-order valence-electron chi connectivity index (χ3n) is 6.31. The third-order valence-corrected chi connectivity index (χ3v) is 6.31. The van der Waals surface area contributed by atoms with Crippen LogP contribution in [0.3, 0.4) is 0 Å². The van der Waals surface area contributed by atoms with E-state index in [-0.39, 0.29) is 11.3 Å². The Hall–Kier alpha value is -1.12. The number of allylic oxidation sites excluding steroid dienone is 7. The Labute approximate surface area is 160 Å². The Bertz CT molecular complexity index is 504. The molecule has 0 fully saturated rings.